The molecule has 2 heteroatoms. The molecule has 0 amide bonds. The molecule has 17 heavy (non-hydrogen) atoms. The molecule has 1 aromatic carbocycles. The summed E-state index contributed by atoms with van der Waals surface area (Å²) in [6, 6.07) is 6.50. The second kappa shape index (κ2) is 7.33. The topological polar surface area (TPSA) is 21.3 Å². The van der Waals surface area contributed by atoms with E-state index in [1.807, 2.05) is 0 Å². The summed E-state index contributed by atoms with van der Waals surface area (Å²) >= 11 is 0. The van der Waals surface area contributed by atoms with E-state index in [1.54, 1.807) is 0 Å². The Morgan fingerprint density at radius 3 is 2.65 bits per heavy atom. The predicted octanol–water partition coefficient (Wildman–Crippen LogP) is 3.50. The summed E-state index contributed by atoms with van der Waals surface area (Å²) in [6.45, 7) is 11.5. The largest absolute Gasteiger partial charge is 0.494 e. The summed E-state index contributed by atoms with van der Waals surface area (Å²) in [5, 5.41) is 3.30. The van der Waals surface area contributed by atoms with Crippen LogP contribution in [0.25, 0.3) is 0 Å². The molecule has 0 aliphatic heterocycles. The Labute approximate surface area is 105 Å². The van der Waals surface area contributed by atoms with E-state index in [2.05, 4.69) is 51.2 Å². The Kier molecular flexibility index (Phi) is 6.06. The van der Waals surface area contributed by atoms with Crippen LogP contribution < -0.4 is 10.1 Å². The first-order valence-electron chi connectivity index (χ1n) is 6.58. The van der Waals surface area contributed by atoms with Gasteiger partial charge in [0.15, 0.2) is 0 Å². The van der Waals surface area contributed by atoms with Gasteiger partial charge in [0.1, 0.15) is 5.75 Å². The van der Waals surface area contributed by atoms with Crippen molar-refractivity contribution in [2.75, 3.05) is 19.7 Å². The lowest BCUT2D eigenvalue weighted by Gasteiger charge is -2.11. The standard InChI is InChI=1S/C15H25NO/c1-5-16-7-6-8-17-15-10-13(4)9-14(11-15)12(2)3/h9-12,16H,5-8H2,1-4H3. The lowest BCUT2D eigenvalue weighted by Crippen LogP contribution is -2.16. The van der Waals surface area contributed by atoms with Gasteiger partial charge in [0.25, 0.3) is 0 Å². The van der Waals surface area contributed by atoms with Crippen LogP contribution in [0.2, 0.25) is 0 Å². The smallest absolute Gasteiger partial charge is 0.119 e. The molecule has 0 unspecified atom stereocenters. The maximum atomic E-state index is 5.78. The van der Waals surface area contributed by atoms with Gasteiger partial charge < -0.3 is 10.1 Å². The van der Waals surface area contributed by atoms with Gasteiger partial charge in [0.05, 0.1) is 6.61 Å². The van der Waals surface area contributed by atoms with Crippen molar-refractivity contribution in [3.63, 3.8) is 0 Å². The number of hydrogen-bond donors (Lipinski definition) is 1. The van der Waals surface area contributed by atoms with Crippen molar-refractivity contribution in [2.24, 2.45) is 0 Å². The molecule has 0 saturated carbocycles. The summed E-state index contributed by atoms with van der Waals surface area (Å²) in [6.07, 6.45) is 1.05. The van der Waals surface area contributed by atoms with Crippen molar-refractivity contribution in [3.8, 4) is 5.75 Å². The third-order valence-electron chi connectivity index (χ3n) is 2.76. The van der Waals surface area contributed by atoms with E-state index in [0.717, 1.165) is 31.9 Å². The highest BCUT2D eigenvalue weighted by Crippen LogP contribution is 2.22. The third kappa shape index (κ3) is 5.22. The lowest BCUT2D eigenvalue weighted by molar-refractivity contribution is 0.308. The molecule has 0 aliphatic rings. The zero-order valence-electron chi connectivity index (χ0n) is 11.5. The quantitative estimate of drug-likeness (QED) is 0.730. The van der Waals surface area contributed by atoms with Crippen molar-refractivity contribution in [2.45, 2.75) is 40.0 Å². The van der Waals surface area contributed by atoms with Crippen molar-refractivity contribution in [1.82, 2.24) is 5.32 Å². The van der Waals surface area contributed by atoms with E-state index >= 15 is 0 Å². The van der Waals surface area contributed by atoms with Crippen molar-refractivity contribution < 1.29 is 4.74 Å². The molecule has 0 atom stereocenters. The van der Waals surface area contributed by atoms with Gasteiger partial charge in [0, 0.05) is 0 Å². The van der Waals surface area contributed by atoms with Crippen LogP contribution in [0.15, 0.2) is 18.2 Å². The first-order chi connectivity index (χ1) is 8.13. The van der Waals surface area contributed by atoms with E-state index in [0.29, 0.717) is 5.92 Å². The summed E-state index contributed by atoms with van der Waals surface area (Å²) in [7, 11) is 0. The Morgan fingerprint density at radius 1 is 1.24 bits per heavy atom. The summed E-state index contributed by atoms with van der Waals surface area (Å²) in [4.78, 5) is 0. The van der Waals surface area contributed by atoms with Crippen LogP contribution in [0.3, 0.4) is 0 Å². The van der Waals surface area contributed by atoms with Crippen LogP contribution in [0.4, 0.5) is 0 Å². The Hall–Kier alpha value is -1.02. The van der Waals surface area contributed by atoms with Crippen molar-refractivity contribution in [3.05, 3.63) is 29.3 Å². The number of rotatable bonds is 7. The molecule has 0 aliphatic carbocycles. The molecule has 0 heterocycles. The fraction of sp³-hybridized carbons (Fsp3) is 0.600. The van der Waals surface area contributed by atoms with Gasteiger partial charge in [-0.15, -0.1) is 0 Å². The van der Waals surface area contributed by atoms with Crippen molar-refractivity contribution >= 4 is 0 Å². The summed E-state index contributed by atoms with van der Waals surface area (Å²) in [5.41, 5.74) is 2.63. The number of ether oxygens (including phenoxy) is 1. The van der Waals surface area contributed by atoms with Gasteiger partial charge in [0.2, 0.25) is 0 Å². The molecular weight excluding hydrogens is 210 g/mol. The molecule has 0 aromatic heterocycles. The average Bonchev–Trinajstić information content (AvgIpc) is 2.28. The minimum absolute atomic E-state index is 0.555. The lowest BCUT2D eigenvalue weighted by atomic mass is 10.0. The van der Waals surface area contributed by atoms with E-state index in [4.69, 9.17) is 4.74 Å². The van der Waals surface area contributed by atoms with Gasteiger partial charge in [-0.25, -0.2) is 0 Å². The maximum Gasteiger partial charge on any atom is 0.119 e. The van der Waals surface area contributed by atoms with Gasteiger partial charge >= 0.3 is 0 Å². The highest BCUT2D eigenvalue weighted by Gasteiger charge is 2.03. The number of aryl methyl sites for hydroxylation is 1. The van der Waals surface area contributed by atoms with Crippen LogP contribution in [-0.2, 0) is 0 Å². The van der Waals surface area contributed by atoms with Gasteiger partial charge in [-0.3, -0.25) is 0 Å². The first-order valence-corrected chi connectivity index (χ1v) is 6.58. The van der Waals surface area contributed by atoms with Crippen LogP contribution in [0.1, 0.15) is 44.2 Å². The Morgan fingerprint density at radius 2 is 2.00 bits per heavy atom. The van der Waals surface area contributed by atoms with Crippen LogP contribution in [0.5, 0.6) is 5.75 Å². The number of benzene rings is 1. The monoisotopic (exact) mass is 235 g/mol. The summed E-state index contributed by atoms with van der Waals surface area (Å²) < 4.78 is 5.78. The Bertz CT molecular complexity index is 334. The summed E-state index contributed by atoms with van der Waals surface area (Å²) in [5.74, 6) is 1.56. The van der Waals surface area contributed by atoms with Crippen LogP contribution >= 0.6 is 0 Å². The second-order valence-corrected chi connectivity index (χ2v) is 4.79. The molecular formula is C15H25NO. The molecule has 0 spiro atoms. The first kappa shape index (κ1) is 14.0. The molecule has 2 nitrogen and oxygen atoms in total. The molecule has 1 N–H and O–H groups in total. The molecule has 1 aromatic rings. The number of nitrogens with one attached hydrogen (secondary N) is 1. The molecule has 96 valence electrons. The predicted molar refractivity (Wildman–Crippen MR) is 73.9 cm³/mol. The molecule has 0 bridgehead atoms. The number of hydrogen-bond acceptors (Lipinski definition) is 2. The van der Waals surface area contributed by atoms with Gasteiger partial charge in [-0.2, -0.15) is 0 Å². The molecule has 0 radical (unpaired) electrons. The fourth-order valence-corrected chi connectivity index (χ4v) is 1.76. The zero-order valence-corrected chi connectivity index (χ0v) is 11.5. The minimum atomic E-state index is 0.555. The van der Waals surface area contributed by atoms with Gasteiger partial charge in [-0.05, 0) is 55.6 Å². The van der Waals surface area contributed by atoms with Gasteiger partial charge in [-0.1, -0.05) is 26.8 Å². The fourth-order valence-electron chi connectivity index (χ4n) is 1.76. The van der Waals surface area contributed by atoms with E-state index < -0.39 is 0 Å². The average molecular weight is 235 g/mol. The highest BCUT2D eigenvalue weighted by molar-refractivity contribution is 5.35. The van der Waals surface area contributed by atoms with E-state index in [-0.39, 0.29) is 0 Å². The van der Waals surface area contributed by atoms with Crippen LogP contribution in [-0.4, -0.2) is 19.7 Å². The molecule has 1 rings (SSSR count). The zero-order chi connectivity index (χ0) is 12.7. The van der Waals surface area contributed by atoms with E-state index in [1.165, 1.54) is 11.1 Å². The normalized spacial score (nSPS) is 10.9. The maximum absolute atomic E-state index is 5.78. The molecule has 0 saturated heterocycles. The molecule has 0 fully saturated rings. The minimum Gasteiger partial charge on any atom is -0.494 e. The second-order valence-electron chi connectivity index (χ2n) is 4.79. The Balaban J connectivity index is 2.47. The SMILES string of the molecule is CCNCCCOc1cc(C)cc(C(C)C)c1. The van der Waals surface area contributed by atoms with Crippen LogP contribution in [0, 0.1) is 6.92 Å². The third-order valence-corrected chi connectivity index (χ3v) is 2.76. The highest BCUT2D eigenvalue weighted by atomic mass is 16.5. The van der Waals surface area contributed by atoms with E-state index in [9.17, 15) is 0 Å². The van der Waals surface area contributed by atoms with Crippen molar-refractivity contribution in [1.29, 1.82) is 0 Å².